The summed E-state index contributed by atoms with van der Waals surface area (Å²) in [6.07, 6.45) is 9.14. The maximum absolute atomic E-state index is 12.9. The molecule has 2 aromatic rings. The predicted molar refractivity (Wildman–Crippen MR) is 113 cm³/mol. The molecule has 0 spiro atoms. The molecule has 8 nitrogen and oxygen atoms in total. The molecule has 1 aliphatic carbocycles. The van der Waals surface area contributed by atoms with E-state index >= 15 is 0 Å². The Labute approximate surface area is 172 Å². The third-order valence-electron chi connectivity index (χ3n) is 6.54. The first-order valence-corrected chi connectivity index (χ1v) is 12.1. The van der Waals surface area contributed by atoms with Crippen LogP contribution in [-0.4, -0.2) is 72.8 Å². The van der Waals surface area contributed by atoms with Crippen molar-refractivity contribution in [1.29, 1.82) is 0 Å². The lowest BCUT2D eigenvalue weighted by atomic mass is 9.86. The molecule has 0 aromatic carbocycles. The first-order chi connectivity index (χ1) is 14.0. The van der Waals surface area contributed by atoms with Gasteiger partial charge in [-0.05, 0) is 50.5 Å². The molecule has 1 saturated carbocycles. The Kier molecular flexibility index (Phi) is 6.08. The SMILES string of the molecule is COC1CCCN(S(=O)(=O)C[C@H]2CC[C@H](N(C)c3ncnc4[nH]ccc34)CC2)C1. The van der Waals surface area contributed by atoms with Crippen LogP contribution in [-0.2, 0) is 14.8 Å². The molecule has 3 heterocycles. The van der Waals surface area contributed by atoms with E-state index in [4.69, 9.17) is 4.74 Å². The standard InChI is InChI=1S/C20H31N5O3S/c1-24(20-18-9-10-21-19(18)22-14-23-20)16-7-5-15(6-8-16)13-29(26,27)25-11-3-4-17(12-25)28-2/h9-10,14-17H,3-8,11-13H2,1-2H3,(H,21,22,23)/t15-,16-,17?. The number of fused-ring (bicyclic) bond motifs is 1. The van der Waals surface area contributed by atoms with Crippen LogP contribution in [0.15, 0.2) is 18.6 Å². The van der Waals surface area contributed by atoms with Gasteiger partial charge < -0.3 is 14.6 Å². The van der Waals surface area contributed by atoms with Crippen LogP contribution in [0.3, 0.4) is 0 Å². The van der Waals surface area contributed by atoms with Crippen molar-refractivity contribution >= 4 is 26.9 Å². The van der Waals surface area contributed by atoms with Gasteiger partial charge in [-0.2, -0.15) is 4.31 Å². The van der Waals surface area contributed by atoms with Gasteiger partial charge in [0.2, 0.25) is 10.0 Å². The highest BCUT2D eigenvalue weighted by Crippen LogP contribution is 2.32. The highest BCUT2D eigenvalue weighted by Gasteiger charge is 2.33. The average molecular weight is 422 g/mol. The molecule has 9 heteroatoms. The van der Waals surface area contributed by atoms with E-state index in [9.17, 15) is 8.42 Å². The maximum atomic E-state index is 12.9. The van der Waals surface area contributed by atoms with Crippen LogP contribution in [0, 0.1) is 5.92 Å². The fourth-order valence-electron chi connectivity index (χ4n) is 4.76. The minimum Gasteiger partial charge on any atom is -0.380 e. The minimum absolute atomic E-state index is 0.0287. The smallest absolute Gasteiger partial charge is 0.214 e. The number of nitrogens with zero attached hydrogens (tertiary/aromatic N) is 4. The molecule has 2 fully saturated rings. The summed E-state index contributed by atoms with van der Waals surface area (Å²) in [6, 6.07) is 2.38. The Morgan fingerprint density at radius 2 is 2.03 bits per heavy atom. The van der Waals surface area contributed by atoms with E-state index in [1.807, 2.05) is 12.3 Å². The maximum Gasteiger partial charge on any atom is 0.214 e. The molecule has 160 valence electrons. The largest absolute Gasteiger partial charge is 0.380 e. The van der Waals surface area contributed by atoms with Gasteiger partial charge in [0.1, 0.15) is 17.8 Å². The van der Waals surface area contributed by atoms with Crippen molar-refractivity contribution in [3.05, 3.63) is 18.6 Å². The molecular formula is C20H31N5O3S. The Hall–Kier alpha value is -1.71. The summed E-state index contributed by atoms with van der Waals surface area (Å²) >= 11 is 0. The van der Waals surface area contributed by atoms with Gasteiger partial charge in [-0.25, -0.2) is 18.4 Å². The number of hydrogen-bond acceptors (Lipinski definition) is 6. The third-order valence-corrected chi connectivity index (χ3v) is 8.56. The molecule has 1 saturated heterocycles. The molecule has 1 atom stereocenters. The lowest BCUT2D eigenvalue weighted by Crippen LogP contribution is -2.45. The summed E-state index contributed by atoms with van der Waals surface area (Å²) < 4.78 is 32.9. The quantitative estimate of drug-likeness (QED) is 0.770. The number of nitrogens with one attached hydrogen (secondary N) is 1. The minimum atomic E-state index is -3.22. The zero-order valence-corrected chi connectivity index (χ0v) is 18.1. The number of methoxy groups -OCH3 is 1. The van der Waals surface area contributed by atoms with E-state index in [0.717, 1.165) is 55.4 Å². The van der Waals surface area contributed by atoms with Crippen LogP contribution in [0.25, 0.3) is 11.0 Å². The van der Waals surface area contributed by atoms with E-state index in [1.54, 1.807) is 17.7 Å². The average Bonchev–Trinajstić information content (AvgIpc) is 3.22. The van der Waals surface area contributed by atoms with E-state index in [2.05, 4.69) is 26.9 Å². The second kappa shape index (κ2) is 8.57. The van der Waals surface area contributed by atoms with Crippen LogP contribution in [0.1, 0.15) is 38.5 Å². The number of rotatable bonds is 6. The third kappa shape index (κ3) is 4.41. The van der Waals surface area contributed by atoms with Crippen molar-refractivity contribution in [2.45, 2.75) is 50.7 Å². The lowest BCUT2D eigenvalue weighted by molar-refractivity contribution is 0.0570. The number of ether oxygens (including phenoxy) is 1. The van der Waals surface area contributed by atoms with Crippen LogP contribution in [0.2, 0.25) is 0 Å². The van der Waals surface area contributed by atoms with Gasteiger partial charge in [0.15, 0.2) is 0 Å². The Bertz CT molecular complexity index is 923. The van der Waals surface area contributed by atoms with Crippen molar-refractivity contribution in [3.8, 4) is 0 Å². The van der Waals surface area contributed by atoms with Gasteiger partial charge in [-0.15, -0.1) is 0 Å². The molecule has 4 rings (SSSR count). The number of aromatic nitrogens is 3. The molecule has 1 aliphatic heterocycles. The second-order valence-electron chi connectivity index (χ2n) is 8.36. The van der Waals surface area contributed by atoms with Gasteiger partial charge >= 0.3 is 0 Å². The summed E-state index contributed by atoms with van der Waals surface area (Å²) in [7, 11) is 0.520. The zero-order chi connectivity index (χ0) is 20.4. The monoisotopic (exact) mass is 421 g/mol. The van der Waals surface area contributed by atoms with Crippen LogP contribution in [0.4, 0.5) is 5.82 Å². The fourth-order valence-corrected chi connectivity index (χ4v) is 6.71. The first kappa shape index (κ1) is 20.6. The summed E-state index contributed by atoms with van der Waals surface area (Å²) in [5.74, 6) is 1.42. The van der Waals surface area contributed by atoms with Crippen LogP contribution in [0.5, 0.6) is 0 Å². The molecule has 0 amide bonds. The Morgan fingerprint density at radius 1 is 1.24 bits per heavy atom. The van der Waals surface area contributed by atoms with E-state index in [-0.39, 0.29) is 17.8 Å². The number of hydrogen-bond donors (Lipinski definition) is 1. The van der Waals surface area contributed by atoms with Crippen molar-refractivity contribution in [1.82, 2.24) is 19.3 Å². The number of anilines is 1. The molecule has 29 heavy (non-hydrogen) atoms. The fraction of sp³-hybridized carbons (Fsp3) is 0.700. The molecule has 1 N–H and O–H groups in total. The van der Waals surface area contributed by atoms with Crippen molar-refractivity contribution in [3.63, 3.8) is 0 Å². The van der Waals surface area contributed by atoms with Gasteiger partial charge in [0.25, 0.3) is 0 Å². The molecule has 2 aromatic heterocycles. The number of H-pyrrole nitrogens is 1. The van der Waals surface area contributed by atoms with Crippen molar-refractivity contribution in [2.75, 3.05) is 37.9 Å². The van der Waals surface area contributed by atoms with Gasteiger partial charge in [0, 0.05) is 39.5 Å². The highest BCUT2D eigenvalue weighted by atomic mass is 32.2. The summed E-state index contributed by atoms with van der Waals surface area (Å²) in [5.41, 5.74) is 0.845. The van der Waals surface area contributed by atoms with Gasteiger partial charge in [-0.3, -0.25) is 0 Å². The topological polar surface area (TPSA) is 91.4 Å². The van der Waals surface area contributed by atoms with Gasteiger partial charge in [-0.1, -0.05) is 0 Å². The van der Waals surface area contributed by atoms with E-state index in [0.29, 0.717) is 19.1 Å². The van der Waals surface area contributed by atoms with E-state index in [1.165, 1.54) is 0 Å². The molecule has 2 aliphatic rings. The van der Waals surface area contributed by atoms with Crippen molar-refractivity contribution in [2.24, 2.45) is 5.92 Å². The van der Waals surface area contributed by atoms with Gasteiger partial charge in [0.05, 0.1) is 17.2 Å². The Morgan fingerprint density at radius 3 is 2.79 bits per heavy atom. The highest BCUT2D eigenvalue weighted by molar-refractivity contribution is 7.89. The molecule has 1 unspecified atom stereocenters. The number of aromatic amines is 1. The number of piperidine rings is 1. The normalized spacial score (nSPS) is 26.6. The molecule has 0 radical (unpaired) electrons. The number of sulfonamides is 1. The Balaban J connectivity index is 1.35. The molecular weight excluding hydrogens is 390 g/mol. The summed E-state index contributed by atoms with van der Waals surface area (Å²) in [5, 5.41) is 1.03. The summed E-state index contributed by atoms with van der Waals surface area (Å²) in [6.45, 7) is 1.12. The van der Waals surface area contributed by atoms with E-state index < -0.39 is 10.0 Å². The predicted octanol–water partition coefficient (Wildman–Crippen LogP) is 2.39. The first-order valence-electron chi connectivity index (χ1n) is 10.5. The zero-order valence-electron chi connectivity index (χ0n) is 17.2. The second-order valence-corrected chi connectivity index (χ2v) is 10.4. The van der Waals surface area contributed by atoms with Crippen LogP contribution >= 0.6 is 0 Å². The lowest BCUT2D eigenvalue weighted by Gasteiger charge is -2.37. The van der Waals surface area contributed by atoms with Crippen LogP contribution < -0.4 is 4.90 Å². The van der Waals surface area contributed by atoms with Crippen molar-refractivity contribution < 1.29 is 13.2 Å². The molecule has 0 bridgehead atoms. The summed E-state index contributed by atoms with van der Waals surface area (Å²) in [4.78, 5) is 14.1.